The molecule has 0 unspecified atom stereocenters. The normalized spacial score (nSPS) is 11.7. The third-order valence-corrected chi connectivity index (χ3v) is 9.13. The van der Waals surface area contributed by atoms with Crippen molar-refractivity contribution in [2.75, 3.05) is 22.1 Å². The zero-order chi connectivity index (χ0) is 37.4. The number of hydrogen-bond donors (Lipinski definition) is 6. The maximum atomic E-state index is 13.0. The summed E-state index contributed by atoms with van der Waals surface area (Å²) in [5.41, 5.74) is 11.7. The molecule has 0 saturated heterocycles. The molecule has 0 fully saturated rings. The standard InChI is InChI=1S/C33H26N8O9S2.2Na/c34-19-3-1-5-23(15-19)38-40-29-27(51(45,46)47)13-17-11-21(7-9-25(17)31(29)42)36-33(44)37-22-8-10-26-18(12-22)14-28(52(48,49)50)30(32(26)43)41-39-24-6-2-4-20(35)16-24;;/h1-16,42-43H,34-35H2,(H2,36,37,44)(H,45,46,47)(H,48,49,50);;/q;2*+1/p-2. The predicted octanol–water partition coefficient (Wildman–Crippen LogP) is 0.860. The number of hydrogen-bond acceptors (Lipinski definition) is 15. The van der Waals surface area contributed by atoms with Gasteiger partial charge >= 0.3 is 65.1 Å². The van der Waals surface area contributed by atoms with E-state index in [1.54, 1.807) is 24.3 Å². The Labute approximate surface area is 351 Å². The Morgan fingerprint density at radius 1 is 0.574 bits per heavy atom. The van der Waals surface area contributed by atoms with Crippen molar-refractivity contribution >= 4 is 93.3 Å². The fourth-order valence-corrected chi connectivity index (χ4v) is 6.41. The van der Waals surface area contributed by atoms with E-state index >= 15 is 0 Å². The van der Waals surface area contributed by atoms with E-state index in [0.717, 1.165) is 12.1 Å². The number of nitrogens with two attached hydrogens (primary N) is 2. The minimum Gasteiger partial charge on any atom is -0.744 e. The summed E-state index contributed by atoms with van der Waals surface area (Å²) < 4.78 is 72.9. The fourth-order valence-electron chi connectivity index (χ4n) is 5.12. The van der Waals surface area contributed by atoms with Crippen LogP contribution in [0.25, 0.3) is 21.5 Å². The molecule has 0 atom stereocenters. The monoisotopic (exact) mass is 786 g/mol. The molecule has 0 aliphatic heterocycles. The van der Waals surface area contributed by atoms with Gasteiger partial charge in [0.05, 0.1) is 21.2 Å². The van der Waals surface area contributed by atoms with Crippen molar-refractivity contribution in [1.82, 2.24) is 0 Å². The number of benzene rings is 6. The molecule has 264 valence electrons. The van der Waals surface area contributed by atoms with Crippen LogP contribution < -0.4 is 81.2 Å². The van der Waals surface area contributed by atoms with Crippen molar-refractivity contribution in [2.45, 2.75) is 9.79 Å². The number of nitrogens with zero attached hydrogens (tertiary/aromatic N) is 4. The molecule has 21 heteroatoms. The molecule has 0 aliphatic rings. The maximum absolute atomic E-state index is 13.0. The molecule has 6 rings (SSSR count). The molecule has 0 bridgehead atoms. The topological polar surface area (TPSA) is 297 Å². The van der Waals surface area contributed by atoms with Gasteiger partial charge in [0, 0.05) is 33.5 Å². The number of anilines is 4. The van der Waals surface area contributed by atoms with Gasteiger partial charge in [0.1, 0.15) is 31.6 Å². The van der Waals surface area contributed by atoms with Gasteiger partial charge in [-0.15, -0.1) is 10.2 Å². The summed E-state index contributed by atoms with van der Waals surface area (Å²) in [6.45, 7) is 0. The second-order valence-electron chi connectivity index (χ2n) is 11.1. The number of nitrogen functional groups attached to an aromatic ring is 2. The third-order valence-electron chi connectivity index (χ3n) is 7.43. The second-order valence-corrected chi connectivity index (χ2v) is 13.8. The van der Waals surface area contributed by atoms with Crippen LogP contribution in [0.5, 0.6) is 11.5 Å². The summed E-state index contributed by atoms with van der Waals surface area (Å²) in [6.07, 6.45) is 0. The van der Waals surface area contributed by atoms with Crippen LogP contribution in [-0.2, 0) is 20.2 Å². The van der Waals surface area contributed by atoms with Crippen molar-refractivity contribution in [2.24, 2.45) is 20.5 Å². The predicted molar refractivity (Wildman–Crippen MR) is 190 cm³/mol. The van der Waals surface area contributed by atoms with E-state index in [9.17, 15) is 40.9 Å². The van der Waals surface area contributed by atoms with Gasteiger partial charge in [-0.2, -0.15) is 10.2 Å². The van der Waals surface area contributed by atoms with Gasteiger partial charge in [-0.3, -0.25) is 0 Å². The molecule has 0 heterocycles. The van der Waals surface area contributed by atoms with Gasteiger partial charge in [0.2, 0.25) is 0 Å². The van der Waals surface area contributed by atoms with E-state index < -0.39 is 58.9 Å². The van der Waals surface area contributed by atoms with Crippen LogP contribution in [0.3, 0.4) is 0 Å². The van der Waals surface area contributed by atoms with E-state index in [-0.39, 0.29) is 103 Å². The number of amides is 2. The Balaban J connectivity index is 0.00000325. The van der Waals surface area contributed by atoms with E-state index in [1.807, 2.05) is 0 Å². The van der Waals surface area contributed by atoms with E-state index in [0.29, 0.717) is 11.4 Å². The van der Waals surface area contributed by atoms with E-state index in [4.69, 9.17) is 11.5 Å². The molecule has 0 spiro atoms. The Hall–Kier alpha value is -4.67. The van der Waals surface area contributed by atoms with Gasteiger partial charge < -0.3 is 41.4 Å². The average molecular weight is 787 g/mol. The number of azo groups is 2. The first kappa shape index (κ1) is 42.1. The van der Waals surface area contributed by atoms with E-state index in [2.05, 4.69) is 31.1 Å². The SMILES string of the molecule is Nc1cccc(N=Nc2c(S(=O)(=O)[O-])cc3cc(NC(=O)Nc4ccc5c(O)c(N=Nc6cccc(N)c6)c(S(=O)(=O)[O-])cc5c4)ccc3c2O)c1.[Na+].[Na+]. The molecule has 8 N–H and O–H groups in total. The van der Waals surface area contributed by atoms with Gasteiger partial charge in [-0.25, -0.2) is 21.6 Å². The average Bonchev–Trinajstić information content (AvgIpc) is 3.06. The van der Waals surface area contributed by atoms with Gasteiger partial charge in [-0.05, 0) is 95.7 Å². The molecule has 2 amide bonds. The van der Waals surface area contributed by atoms with Crippen LogP contribution >= 0.6 is 0 Å². The Morgan fingerprint density at radius 2 is 0.963 bits per heavy atom. The number of carbonyl (C=O) groups excluding carboxylic acids is 1. The summed E-state index contributed by atoms with van der Waals surface area (Å²) in [4.78, 5) is 11.2. The first-order chi connectivity index (χ1) is 24.6. The number of carbonyl (C=O) groups is 1. The van der Waals surface area contributed by atoms with Crippen molar-refractivity contribution in [3.63, 3.8) is 0 Å². The number of aromatic hydroxyl groups is 2. The number of phenolic OH excluding ortho intramolecular Hbond substituents is 2. The summed E-state index contributed by atoms with van der Waals surface area (Å²) in [5.74, 6) is -1.30. The number of phenols is 2. The summed E-state index contributed by atoms with van der Waals surface area (Å²) in [7, 11) is -10.3. The van der Waals surface area contributed by atoms with E-state index in [1.165, 1.54) is 60.7 Å². The zero-order valence-corrected chi connectivity index (χ0v) is 33.9. The van der Waals surface area contributed by atoms with Crippen molar-refractivity contribution < 1.29 is 100 Å². The molecule has 0 aromatic heterocycles. The molecule has 0 radical (unpaired) electrons. The largest absolute Gasteiger partial charge is 1.00 e. The van der Waals surface area contributed by atoms with Crippen LogP contribution in [0, 0.1) is 0 Å². The molecule has 0 aliphatic carbocycles. The van der Waals surface area contributed by atoms with Crippen molar-refractivity contribution in [1.29, 1.82) is 0 Å². The molecular formula is C33H24N8Na2O9S2. The first-order valence-corrected chi connectivity index (χ1v) is 17.5. The van der Waals surface area contributed by atoms with Crippen molar-refractivity contribution in [3.8, 4) is 11.5 Å². The van der Waals surface area contributed by atoms with Gasteiger partial charge in [0.25, 0.3) is 0 Å². The van der Waals surface area contributed by atoms with Crippen LogP contribution in [0.4, 0.5) is 50.3 Å². The summed E-state index contributed by atoms with van der Waals surface area (Å²) in [5, 5.41) is 42.5. The molecule has 54 heavy (non-hydrogen) atoms. The fraction of sp³-hybridized carbons (Fsp3) is 0. The molecule has 6 aromatic rings. The molecular weight excluding hydrogens is 763 g/mol. The number of rotatable bonds is 8. The first-order valence-electron chi connectivity index (χ1n) is 14.7. The van der Waals surface area contributed by atoms with Gasteiger partial charge in [0.15, 0.2) is 11.5 Å². The second kappa shape index (κ2) is 16.8. The van der Waals surface area contributed by atoms with Gasteiger partial charge in [-0.1, -0.05) is 12.1 Å². The Kier molecular flexibility index (Phi) is 13.1. The molecule has 6 aromatic carbocycles. The Morgan fingerprint density at radius 3 is 1.31 bits per heavy atom. The van der Waals surface area contributed by atoms with Crippen LogP contribution in [0.15, 0.2) is 127 Å². The third kappa shape index (κ3) is 9.51. The van der Waals surface area contributed by atoms with Crippen molar-refractivity contribution in [3.05, 3.63) is 97.1 Å². The minimum absolute atomic E-state index is 0. The zero-order valence-electron chi connectivity index (χ0n) is 28.2. The number of fused-ring (bicyclic) bond motifs is 2. The molecule has 0 saturated carbocycles. The summed E-state index contributed by atoms with van der Waals surface area (Å²) in [6, 6.07) is 21.5. The smallest absolute Gasteiger partial charge is 0.744 e. The molecule has 17 nitrogen and oxygen atoms in total. The van der Waals surface area contributed by atoms with Crippen LogP contribution in [-0.4, -0.2) is 42.2 Å². The van der Waals surface area contributed by atoms with Crippen LogP contribution in [0.2, 0.25) is 0 Å². The maximum Gasteiger partial charge on any atom is 1.00 e. The van der Waals surface area contributed by atoms with Crippen LogP contribution in [0.1, 0.15) is 0 Å². The summed E-state index contributed by atoms with van der Waals surface area (Å²) >= 11 is 0. The Bertz CT molecular complexity index is 2550. The minimum atomic E-state index is -5.17. The number of nitrogens with one attached hydrogen (secondary N) is 2. The number of urea groups is 1. The quantitative estimate of drug-likeness (QED) is 0.0544.